The quantitative estimate of drug-likeness (QED) is 0.207. The van der Waals surface area contributed by atoms with Crippen LogP contribution in [0.3, 0.4) is 0 Å². The molecular formula is C25H26Cl2FeN3-. The van der Waals surface area contributed by atoms with Crippen LogP contribution >= 0.6 is 23.2 Å². The second-order valence-electron chi connectivity index (χ2n) is 7.01. The average molecular weight is 495 g/mol. The average Bonchev–Trinajstić information content (AvgIpc) is 2.68. The number of benzene rings is 2. The summed E-state index contributed by atoms with van der Waals surface area (Å²) in [6.07, 6.45) is 7.75. The molecule has 3 nitrogen and oxygen atoms in total. The van der Waals surface area contributed by atoms with E-state index in [0.717, 1.165) is 45.6 Å². The Morgan fingerprint density at radius 2 is 1.45 bits per heavy atom. The number of pyridine rings is 1. The molecule has 0 aliphatic rings. The zero-order valence-electron chi connectivity index (χ0n) is 18.1. The van der Waals surface area contributed by atoms with Gasteiger partial charge in [0.2, 0.25) is 0 Å². The first-order valence-electron chi connectivity index (χ1n) is 9.58. The third-order valence-corrected chi connectivity index (χ3v) is 4.86. The van der Waals surface area contributed by atoms with Gasteiger partial charge >= 0.3 is 0 Å². The number of aromatic nitrogens is 1. The largest absolute Gasteiger partial charge is 0.364 e. The van der Waals surface area contributed by atoms with Gasteiger partial charge in [0.25, 0.3) is 0 Å². The van der Waals surface area contributed by atoms with Crippen molar-refractivity contribution in [1.82, 2.24) is 4.98 Å². The fourth-order valence-corrected chi connectivity index (χ4v) is 3.74. The molecule has 0 unspecified atom stereocenters. The summed E-state index contributed by atoms with van der Waals surface area (Å²) in [5.74, 6) is 0. The van der Waals surface area contributed by atoms with E-state index in [1.807, 2.05) is 70.4 Å². The van der Waals surface area contributed by atoms with E-state index in [2.05, 4.69) is 28.0 Å². The molecule has 6 heteroatoms. The molecule has 0 aliphatic heterocycles. The number of hydrogen-bond acceptors (Lipinski definition) is 3. The minimum Gasteiger partial charge on any atom is -0.364 e. The van der Waals surface area contributed by atoms with E-state index >= 15 is 0 Å². The molecule has 0 saturated carbocycles. The van der Waals surface area contributed by atoms with Crippen LogP contribution in [0.15, 0.2) is 58.8 Å². The molecule has 0 fully saturated rings. The number of rotatable bonds is 4. The van der Waals surface area contributed by atoms with Gasteiger partial charge < -0.3 is 6.92 Å². The first-order valence-corrected chi connectivity index (χ1v) is 10.3. The molecule has 1 aromatic heterocycles. The van der Waals surface area contributed by atoms with Crippen LogP contribution in [0.2, 0.25) is 10.0 Å². The minimum atomic E-state index is 0. The van der Waals surface area contributed by atoms with E-state index in [9.17, 15) is 0 Å². The Labute approximate surface area is 206 Å². The van der Waals surface area contributed by atoms with E-state index < -0.39 is 0 Å². The maximum absolute atomic E-state index is 6.19. The standard InChI is InChI=1S/C15H15ClN2.C10H11ClN.Fe/c1-11-8-12(2)15(14(16)9-11)18-7-5-13-4-3-6-17-10-13;1-4-12-10-8(3)5-7(2)6-9(10)11;/h3-4,6-10H,5H2,1-2H3;4-6H,1H2,2-3H3;/q;-1;. The number of nitrogens with zero attached hydrogens (tertiary/aromatic N) is 3. The Kier molecular flexibility index (Phi) is 11.6. The van der Waals surface area contributed by atoms with Crippen molar-refractivity contribution < 1.29 is 17.1 Å². The number of aliphatic imine (C=N–C) groups is 2. The predicted molar refractivity (Wildman–Crippen MR) is 131 cm³/mol. The molecule has 0 radical (unpaired) electrons. The minimum absolute atomic E-state index is 0. The van der Waals surface area contributed by atoms with Gasteiger partial charge in [0.15, 0.2) is 0 Å². The van der Waals surface area contributed by atoms with Crippen molar-refractivity contribution in [1.29, 1.82) is 0 Å². The fraction of sp³-hybridized carbons (Fsp3) is 0.200. The number of halogens is 2. The molecule has 0 spiro atoms. The molecule has 0 amide bonds. The van der Waals surface area contributed by atoms with Crippen LogP contribution in [0, 0.1) is 34.6 Å². The van der Waals surface area contributed by atoms with Crippen molar-refractivity contribution in [3.8, 4) is 0 Å². The predicted octanol–water partition coefficient (Wildman–Crippen LogP) is 7.79. The summed E-state index contributed by atoms with van der Waals surface area (Å²) in [6.45, 7) is 11.6. The van der Waals surface area contributed by atoms with E-state index in [1.54, 1.807) is 6.20 Å². The summed E-state index contributed by atoms with van der Waals surface area (Å²) in [5, 5.41) is 1.39. The maximum atomic E-state index is 6.19. The SMILES string of the molecule is Cc1cc(C)c(N=CCc2cccnc2)c(Cl)c1.[CH2-]C=Nc1c(C)cc(C)cc1Cl.[Fe]. The Balaban J connectivity index is 0.000000324. The molecule has 0 aliphatic carbocycles. The van der Waals surface area contributed by atoms with Crippen LogP contribution in [-0.4, -0.2) is 17.4 Å². The van der Waals surface area contributed by atoms with Gasteiger partial charge in [-0.1, -0.05) is 41.4 Å². The Morgan fingerprint density at radius 3 is 1.90 bits per heavy atom. The van der Waals surface area contributed by atoms with Crippen LogP contribution in [0.5, 0.6) is 0 Å². The topological polar surface area (TPSA) is 37.6 Å². The molecule has 31 heavy (non-hydrogen) atoms. The molecule has 0 N–H and O–H groups in total. The van der Waals surface area contributed by atoms with Crippen molar-refractivity contribution in [2.24, 2.45) is 9.98 Å². The van der Waals surface area contributed by atoms with Gasteiger partial charge in [0.1, 0.15) is 0 Å². The van der Waals surface area contributed by atoms with Gasteiger partial charge in [0.05, 0.1) is 21.4 Å². The fourth-order valence-electron chi connectivity index (χ4n) is 3.00. The zero-order valence-corrected chi connectivity index (χ0v) is 20.8. The van der Waals surface area contributed by atoms with E-state index in [-0.39, 0.29) is 17.1 Å². The van der Waals surface area contributed by atoms with Gasteiger partial charge in [-0.05, 0) is 73.7 Å². The molecular weight excluding hydrogens is 469 g/mol. The molecule has 0 atom stereocenters. The second-order valence-corrected chi connectivity index (χ2v) is 7.83. The van der Waals surface area contributed by atoms with Gasteiger partial charge in [-0.2, -0.15) is 0 Å². The summed E-state index contributed by atoms with van der Waals surface area (Å²) < 4.78 is 0. The van der Waals surface area contributed by atoms with Crippen LogP contribution < -0.4 is 0 Å². The molecule has 1 heterocycles. The number of hydrogen-bond donors (Lipinski definition) is 0. The summed E-state index contributed by atoms with van der Waals surface area (Å²) in [6, 6.07) is 11.9. The molecule has 0 bridgehead atoms. The van der Waals surface area contributed by atoms with E-state index in [1.165, 1.54) is 6.21 Å². The van der Waals surface area contributed by atoms with Crippen LogP contribution in [0.25, 0.3) is 0 Å². The Hall–Kier alpha value is -2.10. The third kappa shape index (κ3) is 8.51. The van der Waals surface area contributed by atoms with E-state index in [4.69, 9.17) is 23.2 Å². The van der Waals surface area contributed by atoms with Crippen molar-refractivity contribution in [3.05, 3.63) is 93.6 Å². The van der Waals surface area contributed by atoms with Crippen molar-refractivity contribution in [3.63, 3.8) is 0 Å². The number of aryl methyl sites for hydroxylation is 4. The van der Waals surface area contributed by atoms with Gasteiger partial charge in [0, 0.05) is 42.1 Å². The summed E-state index contributed by atoms with van der Waals surface area (Å²) in [5.41, 5.74) is 7.30. The summed E-state index contributed by atoms with van der Waals surface area (Å²) in [7, 11) is 0. The Morgan fingerprint density at radius 1 is 0.903 bits per heavy atom. The van der Waals surface area contributed by atoms with Crippen molar-refractivity contribution >= 4 is 47.0 Å². The Bertz CT molecular complexity index is 1000. The smallest absolute Gasteiger partial charge is 0.0841 e. The summed E-state index contributed by atoms with van der Waals surface area (Å²) in [4.78, 5) is 12.6. The van der Waals surface area contributed by atoms with Crippen molar-refractivity contribution in [2.45, 2.75) is 34.1 Å². The normalized spacial score (nSPS) is 10.6. The third-order valence-electron chi connectivity index (χ3n) is 4.29. The molecule has 3 aromatic rings. The zero-order chi connectivity index (χ0) is 22.1. The molecule has 0 saturated heterocycles. The molecule has 3 rings (SSSR count). The maximum Gasteiger partial charge on any atom is 0.0841 e. The van der Waals surface area contributed by atoms with Gasteiger partial charge in [-0.3, -0.25) is 15.0 Å². The van der Waals surface area contributed by atoms with Crippen LogP contribution in [0.1, 0.15) is 27.8 Å². The van der Waals surface area contributed by atoms with Crippen molar-refractivity contribution in [2.75, 3.05) is 0 Å². The molecule has 164 valence electrons. The van der Waals surface area contributed by atoms with Crippen LogP contribution in [0.4, 0.5) is 11.4 Å². The van der Waals surface area contributed by atoms with Gasteiger partial charge in [-0.25, -0.2) is 0 Å². The molecule has 2 aromatic carbocycles. The summed E-state index contributed by atoms with van der Waals surface area (Å²) >= 11 is 12.2. The monoisotopic (exact) mass is 494 g/mol. The van der Waals surface area contributed by atoms with Gasteiger partial charge in [-0.15, -0.1) is 6.21 Å². The van der Waals surface area contributed by atoms with Crippen LogP contribution in [-0.2, 0) is 23.5 Å². The second kappa shape index (κ2) is 13.3. The first-order chi connectivity index (χ1) is 14.3. The first kappa shape index (κ1) is 26.9. The van der Waals surface area contributed by atoms with E-state index in [0.29, 0.717) is 10.0 Å².